The second-order valence-corrected chi connectivity index (χ2v) is 6.02. The average Bonchev–Trinajstić information content (AvgIpc) is 2.77. The third-order valence-electron chi connectivity index (χ3n) is 3.95. The molecule has 4 rings (SSSR count). The van der Waals surface area contributed by atoms with Crippen LogP contribution in [0, 0.1) is 0 Å². The largest absolute Gasteiger partial charge is 0.340 e. The van der Waals surface area contributed by atoms with E-state index in [0.29, 0.717) is 28.7 Å². The number of nitrogens with zero attached hydrogens (tertiary/aromatic N) is 4. The maximum atomic E-state index is 12.2. The van der Waals surface area contributed by atoms with E-state index < -0.39 is 0 Å². The van der Waals surface area contributed by atoms with Gasteiger partial charge in [-0.3, -0.25) is 9.78 Å². The standard InChI is InChI=1S/C21H17N7O/c29-21(15-8-11-22-12-9-15)27-17-6-4-16(5-7-17)26-19-13-20(25-14-24-19)28-18-3-1-2-10-23-18/h1-14H,(H,27,29)(H2,23,24,25,26,28). The van der Waals surface area contributed by atoms with Gasteiger partial charge in [0.05, 0.1) is 0 Å². The van der Waals surface area contributed by atoms with Crippen LogP contribution in [0.15, 0.2) is 85.6 Å². The van der Waals surface area contributed by atoms with E-state index in [2.05, 4.69) is 35.9 Å². The Morgan fingerprint density at radius 3 is 2.14 bits per heavy atom. The van der Waals surface area contributed by atoms with Crippen LogP contribution in [-0.2, 0) is 0 Å². The van der Waals surface area contributed by atoms with Crippen LogP contribution in [0.5, 0.6) is 0 Å². The third kappa shape index (κ3) is 4.89. The Labute approximate surface area is 167 Å². The van der Waals surface area contributed by atoms with E-state index in [0.717, 1.165) is 5.69 Å². The Morgan fingerprint density at radius 1 is 0.690 bits per heavy atom. The van der Waals surface area contributed by atoms with Gasteiger partial charge in [0.25, 0.3) is 5.91 Å². The Kier molecular flexibility index (Phi) is 5.34. The first-order valence-corrected chi connectivity index (χ1v) is 8.85. The second kappa shape index (κ2) is 8.57. The molecule has 0 aliphatic carbocycles. The Hall–Kier alpha value is -4.33. The number of benzene rings is 1. The maximum absolute atomic E-state index is 12.2. The van der Waals surface area contributed by atoms with Crippen molar-refractivity contribution in [3.8, 4) is 0 Å². The molecule has 1 aromatic carbocycles. The molecule has 0 saturated heterocycles. The van der Waals surface area contributed by atoms with Crippen molar-refractivity contribution >= 4 is 34.7 Å². The first kappa shape index (κ1) is 18.1. The van der Waals surface area contributed by atoms with Gasteiger partial charge in [0.2, 0.25) is 0 Å². The van der Waals surface area contributed by atoms with Crippen LogP contribution in [-0.4, -0.2) is 25.8 Å². The Balaban J connectivity index is 1.40. The molecule has 3 N–H and O–H groups in total. The summed E-state index contributed by atoms with van der Waals surface area (Å²) in [6.45, 7) is 0. The third-order valence-corrected chi connectivity index (χ3v) is 3.95. The van der Waals surface area contributed by atoms with Crippen molar-refractivity contribution in [2.45, 2.75) is 0 Å². The van der Waals surface area contributed by atoms with Crippen LogP contribution in [0.3, 0.4) is 0 Å². The minimum atomic E-state index is -0.186. The number of carbonyl (C=O) groups excluding carboxylic acids is 1. The monoisotopic (exact) mass is 383 g/mol. The molecule has 3 aromatic heterocycles. The summed E-state index contributed by atoms with van der Waals surface area (Å²) in [6, 6.07) is 18.1. The molecule has 0 unspecified atom stereocenters. The molecule has 29 heavy (non-hydrogen) atoms. The molecule has 1 amide bonds. The van der Waals surface area contributed by atoms with Gasteiger partial charge in [-0.2, -0.15) is 0 Å². The van der Waals surface area contributed by atoms with Crippen LogP contribution in [0.1, 0.15) is 10.4 Å². The highest BCUT2D eigenvalue weighted by atomic mass is 16.1. The van der Waals surface area contributed by atoms with E-state index in [-0.39, 0.29) is 5.91 Å². The summed E-state index contributed by atoms with van der Waals surface area (Å²) in [5.41, 5.74) is 2.07. The number of amides is 1. The first-order chi connectivity index (χ1) is 14.3. The number of rotatable bonds is 6. The van der Waals surface area contributed by atoms with E-state index in [1.165, 1.54) is 6.33 Å². The topological polar surface area (TPSA) is 105 Å². The molecule has 8 heteroatoms. The number of carbonyl (C=O) groups is 1. The summed E-state index contributed by atoms with van der Waals surface area (Å²) >= 11 is 0. The van der Waals surface area contributed by atoms with E-state index in [1.54, 1.807) is 36.8 Å². The van der Waals surface area contributed by atoms with Gasteiger partial charge >= 0.3 is 0 Å². The van der Waals surface area contributed by atoms with Gasteiger partial charge < -0.3 is 16.0 Å². The highest BCUT2D eigenvalue weighted by Gasteiger charge is 2.06. The van der Waals surface area contributed by atoms with Gasteiger partial charge in [-0.25, -0.2) is 15.0 Å². The molecule has 3 heterocycles. The second-order valence-electron chi connectivity index (χ2n) is 6.02. The first-order valence-electron chi connectivity index (χ1n) is 8.85. The molecule has 0 aliphatic rings. The lowest BCUT2D eigenvalue weighted by atomic mass is 10.2. The van der Waals surface area contributed by atoms with Crippen LogP contribution in [0.25, 0.3) is 0 Å². The van der Waals surface area contributed by atoms with Gasteiger partial charge in [0.15, 0.2) is 0 Å². The summed E-state index contributed by atoms with van der Waals surface area (Å²) in [5, 5.41) is 9.18. The van der Waals surface area contributed by atoms with Crippen LogP contribution in [0.2, 0.25) is 0 Å². The van der Waals surface area contributed by atoms with Crippen molar-refractivity contribution < 1.29 is 4.79 Å². The zero-order valence-electron chi connectivity index (χ0n) is 15.3. The van der Waals surface area contributed by atoms with Crippen LogP contribution in [0.4, 0.5) is 28.8 Å². The number of aromatic nitrogens is 4. The highest BCUT2D eigenvalue weighted by Crippen LogP contribution is 2.20. The fraction of sp³-hybridized carbons (Fsp3) is 0. The summed E-state index contributed by atoms with van der Waals surface area (Å²) in [5.74, 6) is 1.77. The fourth-order valence-corrected chi connectivity index (χ4v) is 2.55. The van der Waals surface area contributed by atoms with Gasteiger partial charge in [-0.1, -0.05) is 6.07 Å². The molecule has 0 atom stereocenters. The summed E-state index contributed by atoms with van der Waals surface area (Å²) < 4.78 is 0. The number of anilines is 5. The van der Waals surface area contributed by atoms with Crippen molar-refractivity contribution in [3.63, 3.8) is 0 Å². The zero-order valence-corrected chi connectivity index (χ0v) is 15.3. The van der Waals surface area contributed by atoms with Crippen molar-refractivity contribution in [3.05, 3.63) is 91.1 Å². The summed E-state index contributed by atoms with van der Waals surface area (Å²) in [7, 11) is 0. The molecule has 142 valence electrons. The van der Waals surface area contributed by atoms with E-state index in [9.17, 15) is 4.79 Å². The predicted molar refractivity (Wildman–Crippen MR) is 111 cm³/mol. The number of hydrogen-bond donors (Lipinski definition) is 3. The van der Waals surface area contributed by atoms with E-state index >= 15 is 0 Å². The molecule has 4 aromatic rings. The zero-order chi connectivity index (χ0) is 19.9. The fourth-order valence-electron chi connectivity index (χ4n) is 2.55. The molecule has 0 spiro atoms. The van der Waals surface area contributed by atoms with Gasteiger partial charge in [0, 0.05) is 41.6 Å². The smallest absolute Gasteiger partial charge is 0.255 e. The SMILES string of the molecule is O=C(Nc1ccc(Nc2cc(Nc3ccccn3)ncn2)cc1)c1ccncc1. The molecule has 0 radical (unpaired) electrons. The predicted octanol–water partition coefficient (Wildman–Crippen LogP) is 4.01. The maximum Gasteiger partial charge on any atom is 0.255 e. The highest BCUT2D eigenvalue weighted by molar-refractivity contribution is 6.04. The average molecular weight is 383 g/mol. The van der Waals surface area contributed by atoms with Crippen LogP contribution >= 0.6 is 0 Å². The quantitative estimate of drug-likeness (QED) is 0.462. The molecule has 0 saturated carbocycles. The van der Waals surface area contributed by atoms with Crippen LogP contribution < -0.4 is 16.0 Å². The van der Waals surface area contributed by atoms with E-state index in [1.807, 2.05) is 42.5 Å². The summed E-state index contributed by atoms with van der Waals surface area (Å²) in [6.07, 6.45) is 6.34. The van der Waals surface area contributed by atoms with Crippen molar-refractivity contribution in [2.75, 3.05) is 16.0 Å². The van der Waals surface area contributed by atoms with Crippen molar-refractivity contribution in [1.29, 1.82) is 0 Å². The molecule has 0 bridgehead atoms. The molecular formula is C21H17N7O. The normalized spacial score (nSPS) is 10.2. The summed E-state index contributed by atoms with van der Waals surface area (Å²) in [4.78, 5) is 28.7. The van der Waals surface area contributed by atoms with E-state index in [4.69, 9.17) is 0 Å². The molecular weight excluding hydrogens is 366 g/mol. The minimum absolute atomic E-state index is 0.186. The van der Waals surface area contributed by atoms with Crippen molar-refractivity contribution in [1.82, 2.24) is 19.9 Å². The number of hydrogen-bond acceptors (Lipinski definition) is 7. The van der Waals surface area contributed by atoms with Gasteiger partial charge in [0.1, 0.15) is 23.8 Å². The Bertz CT molecular complexity index is 1090. The van der Waals surface area contributed by atoms with Gasteiger partial charge in [-0.15, -0.1) is 0 Å². The lowest BCUT2D eigenvalue weighted by Gasteiger charge is -2.09. The lowest BCUT2D eigenvalue weighted by Crippen LogP contribution is -2.11. The lowest BCUT2D eigenvalue weighted by molar-refractivity contribution is 0.102. The molecule has 8 nitrogen and oxygen atoms in total. The number of pyridine rings is 2. The van der Waals surface area contributed by atoms with Crippen molar-refractivity contribution in [2.24, 2.45) is 0 Å². The Morgan fingerprint density at radius 2 is 1.41 bits per heavy atom. The molecule has 0 aliphatic heterocycles. The molecule has 0 fully saturated rings. The number of nitrogens with one attached hydrogen (secondary N) is 3. The minimum Gasteiger partial charge on any atom is -0.340 e. The van der Waals surface area contributed by atoms with Gasteiger partial charge in [-0.05, 0) is 48.5 Å².